The van der Waals surface area contributed by atoms with Crippen molar-refractivity contribution in [3.63, 3.8) is 0 Å². The first-order valence-corrected chi connectivity index (χ1v) is 8.02. The van der Waals surface area contributed by atoms with Crippen LogP contribution in [0.25, 0.3) is 0 Å². The van der Waals surface area contributed by atoms with Gasteiger partial charge in [0.2, 0.25) is 11.8 Å². The Morgan fingerprint density at radius 2 is 2.04 bits per heavy atom. The minimum atomic E-state index is -1.10. The molecule has 3 rings (SSSR count). The fraction of sp³-hybridized carbons (Fsp3) is 0.438. The number of para-hydroxylation sites is 1. The van der Waals surface area contributed by atoms with Gasteiger partial charge in [0.15, 0.2) is 6.04 Å². The van der Waals surface area contributed by atoms with Gasteiger partial charge in [0.25, 0.3) is 0 Å². The SMILES string of the molecule is O=C(O)[C@H]1COCCN1C(=O)[C@@H]1CC(=O)N(c2ccccc2Cl)C1. The maximum Gasteiger partial charge on any atom is 0.328 e. The molecule has 8 heteroatoms. The molecule has 2 heterocycles. The first kappa shape index (κ1) is 16.7. The smallest absolute Gasteiger partial charge is 0.328 e. The lowest BCUT2D eigenvalue weighted by molar-refractivity contribution is -0.160. The molecular formula is C16H17ClN2O5. The van der Waals surface area contributed by atoms with Gasteiger partial charge in [0, 0.05) is 19.5 Å². The zero-order chi connectivity index (χ0) is 17.3. The number of carboxylic acid groups (broad SMARTS) is 1. The summed E-state index contributed by atoms with van der Waals surface area (Å²) in [6.07, 6.45) is 0.0494. The third-order valence-electron chi connectivity index (χ3n) is 4.31. The molecule has 0 saturated carbocycles. The predicted octanol–water partition coefficient (Wildman–Crippen LogP) is 1.00. The van der Waals surface area contributed by atoms with Crippen LogP contribution in [-0.4, -0.2) is 60.1 Å². The molecule has 2 atom stereocenters. The lowest BCUT2D eigenvalue weighted by atomic mass is 10.1. The van der Waals surface area contributed by atoms with Crippen LogP contribution in [-0.2, 0) is 19.1 Å². The summed E-state index contributed by atoms with van der Waals surface area (Å²) in [6, 6.07) is 5.94. The zero-order valence-electron chi connectivity index (χ0n) is 12.9. The number of ether oxygens (including phenoxy) is 1. The van der Waals surface area contributed by atoms with Gasteiger partial charge in [-0.15, -0.1) is 0 Å². The maximum absolute atomic E-state index is 12.7. The fourth-order valence-electron chi connectivity index (χ4n) is 3.08. The Morgan fingerprint density at radius 3 is 2.75 bits per heavy atom. The van der Waals surface area contributed by atoms with E-state index in [4.69, 9.17) is 16.3 Å². The van der Waals surface area contributed by atoms with Gasteiger partial charge in [-0.25, -0.2) is 4.79 Å². The molecule has 0 aliphatic carbocycles. The number of amides is 2. The molecule has 7 nitrogen and oxygen atoms in total. The highest BCUT2D eigenvalue weighted by Crippen LogP contribution is 2.32. The van der Waals surface area contributed by atoms with Crippen molar-refractivity contribution < 1.29 is 24.2 Å². The Bertz CT molecular complexity index is 680. The summed E-state index contributed by atoms with van der Waals surface area (Å²) in [7, 11) is 0. The molecule has 1 aromatic rings. The normalized spacial score (nSPS) is 24.3. The van der Waals surface area contributed by atoms with Gasteiger partial charge in [-0.1, -0.05) is 23.7 Å². The van der Waals surface area contributed by atoms with Crippen molar-refractivity contribution in [3.8, 4) is 0 Å². The van der Waals surface area contributed by atoms with E-state index in [9.17, 15) is 19.5 Å². The van der Waals surface area contributed by atoms with E-state index in [1.54, 1.807) is 24.3 Å². The number of morpholine rings is 1. The molecule has 24 heavy (non-hydrogen) atoms. The number of hydrogen-bond donors (Lipinski definition) is 1. The largest absolute Gasteiger partial charge is 0.480 e. The van der Waals surface area contributed by atoms with Crippen LogP contribution in [0.5, 0.6) is 0 Å². The Labute approximate surface area is 143 Å². The number of rotatable bonds is 3. The number of aliphatic carboxylic acids is 1. The molecule has 0 radical (unpaired) electrons. The lowest BCUT2D eigenvalue weighted by Gasteiger charge is -2.34. The van der Waals surface area contributed by atoms with Crippen molar-refractivity contribution in [3.05, 3.63) is 29.3 Å². The highest BCUT2D eigenvalue weighted by Gasteiger charge is 2.41. The molecular weight excluding hydrogens is 336 g/mol. The van der Waals surface area contributed by atoms with Gasteiger partial charge in [0.1, 0.15) is 0 Å². The van der Waals surface area contributed by atoms with Crippen molar-refractivity contribution in [1.29, 1.82) is 0 Å². The third kappa shape index (κ3) is 3.09. The molecule has 1 aromatic carbocycles. The van der Waals surface area contributed by atoms with Crippen molar-refractivity contribution in [2.24, 2.45) is 5.92 Å². The topological polar surface area (TPSA) is 87.1 Å². The molecule has 2 saturated heterocycles. The van der Waals surface area contributed by atoms with Crippen LogP contribution in [0.3, 0.4) is 0 Å². The minimum absolute atomic E-state index is 0.0318. The Hall–Kier alpha value is -2.12. The van der Waals surface area contributed by atoms with E-state index in [-0.39, 0.29) is 37.9 Å². The van der Waals surface area contributed by atoms with Crippen molar-refractivity contribution in [1.82, 2.24) is 4.90 Å². The highest BCUT2D eigenvalue weighted by atomic mass is 35.5. The van der Waals surface area contributed by atoms with Crippen LogP contribution < -0.4 is 4.90 Å². The number of anilines is 1. The quantitative estimate of drug-likeness (QED) is 0.877. The molecule has 0 unspecified atom stereocenters. The van der Waals surface area contributed by atoms with Gasteiger partial charge in [-0.2, -0.15) is 0 Å². The van der Waals surface area contributed by atoms with E-state index >= 15 is 0 Å². The maximum atomic E-state index is 12.7. The minimum Gasteiger partial charge on any atom is -0.480 e. The lowest BCUT2D eigenvalue weighted by Crippen LogP contribution is -2.54. The van der Waals surface area contributed by atoms with Gasteiger partial charge in [0.05, 0.1) is 29.8 Å². The van der Waals surface area contributed by atoms with E-state index in [2.05, 4.69) is 0 Å². The van der Waals surface area contributed by atoms with Crippen LogP contribution in [0.2, 0.25) is 5.02 Å². The van der Waals surface area contributed by atoms with Crippen LogP contribution in [0.1, 0.15) is 6.42 Å². The second kappa shape index (κ2) is 6.78. The number of carboxylic acids is 1. The summed E-state index contributed by atoms with van der Waals surface area (Å²) in [5.74, 6) is -2.20. The van der Waals surface area contributed by atoms with E-state index in [1.807, 2.05) is 0 Å². The number of carbonyl (C=O) groups excluding carboxylic acids is 2. The van der Waals surface area contributed by atoms with Gasteiger partial charge in [-0.3, -0.25) is 9.59 Å². The molecule has 0 aromatic heterocycles. The molecule has 2 fully saturated rings. The second-order valence-corrected chi connectivity index (χ2v) is 6.22. The first-order valence-electron chi connectivity index (χ1n) is 7.65. The van der Waals surface area contributed by atoms with Crippen LogP contribution in [0.4, 0.5) is 5.69 Å². The number of nitrogens with zero attached hydrogens (tertiary/aromatic N) is 2. The molecule has 2 amide bonds. The molecule has 2 aliphatic rings. The molecule has 128 valence electrons. The summed E-state index contributed by atoms with van der Waals surface area (Å²) >= 11 is 6.13. The number of carbonyl (C=O) groups is 3. The van der Waals surface area contributed by atoms with Gasteiger partial charge < -0.3 is 19.6 Å². The Kier molecular flexibility index (Phi) is 4.73. The average Bonchev–Trinajstić information content (AvgIpc) is 2.96. The van der Waals surface area contributed by atoms with Crippen LogP contribution >= 0.6 is 11.6 Å². The van der Waals surface area contributed by atoms with Crippen LogP contribution in [0.15, 0.2) is 24.3 Å². The van der Waals surface area contributed by atoms with Crippen molar-refractivity contribution in [2.45, 2.75) is 12.5 Å². The molecule has 0 spiro atoms. The summed E-state index contributed by atoms with van der Waals surface area (Å²) in [5, 5.41) is 9.69. The Morgan fingerprint density at radius 1 is 1.29 bits per heavy atom. The van der Waals surface area contributed by atoms with E-state index < -0.39 is 17.9 Å². The molecule has 2 aliphatic heterocycles. The second-order valence-electron chi connectivity index (χ2n) is 5.82. The first-order chi connectivity index (χ1) is 11.5. The van der Waals surface area contributed by atoms with Crippen LogP contribution in [0, 0.1) is 5.92 Å². The van der Waals surface area contributed by atoms with E-state index in [0.717, 1.165) is 0 Å². The fourth-order valence-corrected chi connectivity index (χ4v) is 3.32. The van der Waals surface area contributed by atoms with Gasteiger partial charge in [-0.05, 0) is 12.1 Å². The molecule has 0 bridgehead atoms. The summed E-state index contributed by atoms with van der Waals surface area (Å²) in [5.41, 5.74) is 0.566. The summed E-state index contributed by atoms with van der Waals surface area (Å²) in [4.78, 5) is 39.1. The zero-order valence-corrected chi connectivity index (χ0v) is 13.6. The average molecular weight is 353 g/mol. The summed E-state index contributed by atoms with van der Waals surface area (Å²) < 4.78 is 5.14. The van der Waals surface area contributed by atoms with Crippen molar-refractivity contribution >= 4 is 35.1 Å². The van der Waals surface area contributed by atoms with Crippen molar-refractivity contribution in [2.75, 3.05) is 31.2 Å². The van der Waals surface area contributed by atoms with Gasteiger partial charge >= 0.3 is 5.97 Å². The third-order valence-corrected chi connectivity index (χ3v) is 4.63. The number of hydrogen-bond acceptors (Lipinski definition) is 4. The van der Waals surface area contributed by atoms with E-state index in [1.165, 1.54) is 9.80 Å². The summed E-state index contributed by atoms with van der Waals surface area (Å²) in [6.45, 7) is 0.679. The number of halogens is 1. The standard InChI is InChI=1S/C16H17ClN2O5/c17-11-3-1-2-4-12(11)19-8-10(7-14(19)20)15(21)18-5-6-24-9-13(18)16(22)23/h1-4,10,13H,5-9H2,(H,22,23)/t10-,13-/m1/s1. The monoisotopic (exact) mass is 352 g/mol. The highest BCUT2D eigenvalue weighted by molar-refractivity contribution is 6.33. The predicted molar refractivity (Wildman–Crippen MR) is 85.9 cm³/mol. The molecule has 1 N–H and O–H groups in total. The van der Waals surface area contributed by atoms with E-state index in [0.29, 0.717) is 17.3 Å². The Balaban J connectivity index is 1.76. The number of benzene rings is 1.